The highest BCUT2D eigenvalue weighted by Crippen LogP contribution is 2.29. The second kappa shape index (κ2) is 9.24. The molecule has 1 aromatic carbocycles. The quantitative estimate of drug-likeness (QED) is 0.595. The molecule has 0 heterocycles. The highest BCUT2D eigenvalue weighted by atomic mass is 16.2. The van der Waals surface area contributed by atoms with Gasteiger partial charge < -0.3 is 16.8 Å². The molecule has 0 saturated heterocycles. The van der Waals surface area contributed by atoms with E-state index in [1.165, 1.54) is 0 Å². The monoisotopic (exact) mass is 358 g/mol. The summed E-state index contributed by atoms with van der Waals surface area (Å²) in [4.78, 5) is 40.8. The summed E-state index contributed by atoms with van der Waals surface area (Å²) in [6, 6.07) is 9.19. The van der Waals surface area contributed by atoms with Crippen molar-refractivity contribution < 1.29 is 14.4 Å². The third kappa shape index (κ3) is 5.23. The Hall–Kier alpha value is -2.54. The fraction of sp³-hybridized carbons (Fsp3) is 0.474. The van der Waals surface area contributed by atoms with Crippen LogP contribution in [0.3, 0.4) is 0 Å². The lowest BCUT2D eigenvalue weighted by atomic mass is 9.96. The van der Waals surface area contributed by atoms with Crippen molar-refractivity contribution in [2.45, 2.75) is 50.5 Å². The van der Waals surface area contributed by atoms with Crippen LogP contribution in [0.1, 0.15) is 44.1 Å². The van der Waals surface area contributed by atoms with E-state index >= 15 is 0 Å². The summed E-state index contributed by atoms with van der Waals surface area (Å²) in [5, 5.41) is 2.73. The summed E-state index contributed by atoms with van der Waals surface area (Å²) >= 11 is 0. The van der Waals surface area contributed by atoms with E-state index < -0.39 is 23.3 Å². The van der Waals surface area contributed by atoms with Gasteiger partial charge in [-0.25, -0.2) is 4.99 Å². The van der Waals surface area contributed by atoms with E-state index in [1.54, 1.807) is 0 Å². The Labute approximate surface area is 153 Å². The number of nitrogens with zero attached hydrogens (tertiary/aromatic N) is 1. The molecule has 0 aromatic heterocycles. The Balaban J connectivity index is 2.13. The summed E-state index contributed by atoms with van der Waals surface area (Å²) in [7, 11) is 0. The first-order valence-electron chi connectivity index (χ1n) is 8.93. The lowest BCUT2D eigenvalue weighted by Gasteiger charge is -2.26. The third-order valence-electron chi connectivity index (χ3n) is 4.62. The lowest BCUT2D eigenvalue weighted by Crippen LogP contribution is -2.57. The van der Waals surface area contributed by atoms with Crippen LogP contribution >= 0.6 is 0 Å². The predicted octanol–water partition coefficient (Wildman–Crippen LogP) is 0.850. The second-order valence-electron chi connectivity index (χ2n) is 6.61. The van der Waals surface area contributed by atoms with Crippen LogP contribution in [0, 0.1) is 0 Å². The standard InChI is InChI=1S/C19H26N4O3/c20-12-6-9-15(22-16(24)13-14-7-2-1-3-8-14)17(25)23-19(18(21)26)10-4-5-11-19/h1-3,7-8H,4-6,9-13,20H2,(H2,21,26)(H,23,25). The molecule has 5 N–H and O–H groups in total. The fourth-order valence-corrected chi connectivity index (χ4v) is 3.15. The van der Waals surface area contributed by atoms with Crippen molar-refractivity contribution in [3.63, 3.8) is 0 Å². The molecule has 1 aromatic rings. The fourth-order valence-electron chi connectivity index (χ4n) is 3.15. The normalized spacial score (nSPS) is 16.3. The maximum atomic E-state index is 12.7. The van der Waals surface area contributed by atoms with Crippen molar-refractivity contribution in [1.82, 2.24) is 5.32 Å². The molecule has 2 rings (SSSR count). The molecule has 26 heavy (non-hydrogen) atoms. The van der Waals surface area contributed by atoms with Crippen molar-refractivity contribution in [1.29, 1.82) is 0 Å². The van der Waals surface area contributed by atoms with Crippen LogP contribution in [0.25, 0.3) is 0 Å². The van der Waals surface area contributed by atoms with E-state index in [9.17, 15) is 14.4 Å². The van der Waals surface area contributed by atoms with E-state index in [4.69, 9.17) is 11.5 Å². The highest BCUT2D eigenvalue weighted by Gasteiger charge is 2.41. The summed E-state index contributed by atoms with van der Waals surface area (Å²) in [6.07, 6.45) is 3.58. The summed E-state index contributed by atoms with van der Waals surface area (Å²) in [6.45, 7) is 0.375. The number of primary amides is 1. The zero-order valence-electron chi connectivity index (χ0n) is 14.9. The van der Waals surface area contributed by atoms with Gasteiger partial charge >= 0.3 is 0 Å². The molecule has 1 fully saturated rings. The molecule has 7 nitrogen and oxygen atoms in total. The van der Waals surface area contributed by atoms with Gasteiger partial charge in [-0.3, -0.25) is 14.4 Å². The Morgan fingerprint density at radius 2 is 1.77 bits per heavy atom. The number of hydrogen-bond donors (Lipinski definition) is 3. The molecule has 1 aliphatic carbocycles. The molecule has 0 bridgehead atoms. The number of hydrogen-bond acceptors (Lipinski definition) is 4. The van der Waals surface area contributed by atoms with Crippen LogP contribution in [-0.4, -0.2) is 35.5 Å². The molecule has 3 amide bonds. The van der Waals surface area contributed by atoms with Gasteiger partial charge in [0.2, 0.25) is 5.91 Å². The molecule has 1 aliphatic rings. The number of nitrogens with two attached hydrogens (primary N) is 2. The SMILES string of the molecule is NCCCC(=NC(=O)Cc1ccccc1)C(=O)NC1(C(N)=O)CCCC1. The maximum absolute atomic E-state index is 12.7. The molecule has 140 valence electrons. The zero-order valence-corrected chi connectivity index (χ0v) is 14.9. The molecule has 0 spiro atoms. The van der Waals surface area contributed by atoms with Gasteiger partial charge in [0.1, 0.15) is 11.3 Å². The number of rotatable bonds is 8. The molecule has 7 heteroatoms. The molecule has 0 unspecified atom stereocenters. The van der Waals surface area contributed by atoms with Crippen LogP contribution in [0.4, 0.5) is 0 Å². The minimum absolute atomic E-state index is 0.101. The van der Waals surface area contributed by atoms with Gasteiger partial charge in [0.05, 0.1) is 6.42 Å². The Kier molecular flexibility index (Phi) is 7.03. The minimum atomic E-state index is -1.04. The van der Waals surface area contributed by atoms with E-state index in [0.717, 1.165) is 18.4 Å². The van der Waals surface area contributed by atoms with Crippen molar-refractivity contribution in [2.75, 3.05) is 6.54 Å². The number of benzene rings is 1. The van der Waals surface area contributed by atoms with E-state index in [2.05, 4.69) is 10.3 Å². The Morgan fingerprint density at radius 3 is 2.35 bits per heavy atom. The first-order valence-corrected chi connectivity index (χ1v) is 8.93. The molecule has 1 saturated carbocycles. The van der Waals surface area contributed by atoms with E-state index in [-0.39, 0.29) is 18.6 Å². The van der Waals surface area contributed by atoms with Crippen LogP contribution in [0.5, 0.6) is 0 Å². The maximum Gasteiger partial charge on any atom is 0.266 e. The number of aliphatic imine (C=N–C) groups is 1. The molecule has 0 atom stereocenters. The number of carbonyl (C=O) groups is 3. The van der Waals surface area contributed by atoms with Crippen molar-refractivity contribution in [3.05, 3.63) is 35.9 Å². The van der Waals surface area contributed by atoms with Gasteiger partial charge in [0, 0.05) is 0 Å². The van der Waals surface area contributed by atoms with Crippen LogP contribution < -0.4 is 16.8 Å². The number of amides is 3. The van der Waals surface area contributed by atoms with Gasteiger partial charge in [-0.15, -0.1) is 0 Å². The number of nitrogens with one attached hydrogen (secondary N) is 1. The lowest BCUT2D eigenvalue weighted by molar-refractivity contribution is -0.128. The molecule has 0 radical (unpaired) electrons. The van der Waals surface area contributed by atoms with Crippen LogP contribution in [0.15, 0.2) is 35.3 Å². The summed E-state index contributed by atoms with van der Waals surface area (Å²) in [5.74, 6) is -1.46. The smallest absolute Gasteiger partial charge is 0.266 e. The Morgan fingerprint density at radius 1 is 1.12 bits per heavy atom. The summed E-state index contributed by atoms with van der Waals surface area (Å²) < 4.78 is 0. The zero-order chi connectivity index (χ0) is 19.0. The molecular weight excluding hydrogens is 332 g/mol. The van der Waals surface area contributed by atoms with Crippen molar-refractivity contribution in [3.8, 4) is 0 Å². The van der Waals surface area contributed by atoms with Gasteiger partial charge in [-0.05, 0) is 37.8 Å². The molecular formula is C19H26N4O3. The largest absolute Gasteiger partial charge is 0.368 e. The summed E-state index contributed by atoms with van der Waals surface area (Å²) in [5.41, 5.74) is 10.9. The first-order chi connectivity index (χ1) is 12.5. The third-order valence-corrected chi connectivity index (χ3v) is 4.62. The van der Waals surface area contributed by atoms with Gasteiger partial charge in [0.25, 0.3) is 11.8 Å². The van der Waals surface area contributed by atoms with Crippen molar-refractivity contribution >= 4 is 23.4 Å². The van der Waals surface area contributed by atoms with E-state index in [0.29, 0.717) is 25.8 Å². The second-order valence-corrected chi connectivity index (χ2v) is 6.61. The predicted molar refractivity (Wildman–Crippen MR) is 99.4 cm³/mol. The van der Waals surface area contributed by atoms with E-state index in [1.807, 2.05) is 30.3 Å². The molecule has 0 aliphatic heterocycles. The topological polar surface area (TPSA) is 128 Å². The van der Waals surface area contributed by atoms with Gasteiger partial charge in [-0.2, -0.15) is 0 Å². The minimum Gasteiger partial charge on any atom is -0.368 e. The van der Waals surface area contributed by atoms with Gasteiger partial charge in [-0.1, -0.05) is 43.2 Å². The van der Waals surface area contributed by atoms with Crippen LogP contribution in [0.2, 0.25) is 0 Å². The highest BCUT2D eigenvalue weighted by molar-refractivity contribution is 6.40. The van der Waals surface area contributed by atoms with Crippen molar-refractivity contribution in [2.24, 2.45) is 16.5 Å². The Bertz CT molecular complexity index is 679. The average molecular weight is 358 g/mol. The number of carbonyl (C=O) groups excluding carboxylic acids is 3. The average Bonchev–Trinajstić information content (AvgIpc) is 3.09. The first kappa shape index (κ1) is 19.8. The van der Waals surface area contributed by atoms with Gasteiger partial charge in [0.15, 0.2) is 0 Å². The van der Waals surface area contributed by atoms with Crippen LogP contribution in [-0.2, 0) is 20.8 Å².